The minimum absolute atomic E-state index is 0.00268. The van der Waals surface area contributed by atoms with Gasteiger partial charge in [-0.1, -0.05) is 23.7 Å². The number of amides is 1. The fourth-order valence-corrected chi connectivity index (χ4v) is 4.56. The van der Waals surface area contributed by atoms with Crippen molar-refractivity contribution < 1.29 is 9.90 Å². The molecule has 0 bridgehead atoms. The zero-order chi connectivity index (χ0) is 15.3. The number of carbonyl (C=O) groups is 1. The van der Waals surface area contributed by atoms with Crippen molar-refractivity contribution in [3.63, 3.8) is 0 Å². The SMILES string of the molecule is O=C(c1ccc(-c2cccc(Cl)c2)s1)N1C[C@H]2C[C@@]2(CO)C1. The summed E-state index contributed by atoms with van der Waals surface area (Å²) in [7, 11) is 0. The van der Waals surface area contributed by atoms with E-state index in [2.05, 4.69) is 0 Å². The quantitative estimate of drug-likeness (QED) is 0.933. The van der Waals surface area contributed by atoms with Gasteiger partial charge in [0.05, 0.1) is 11.5 Å². The van der Waals surface area contributed by atoms with E-state index in [0.717, 1.165) is 28.3 Å². The Morgan fingerprint density at radius 1 is 1.41 bits per heavy atom. The number of likely N-dealkylation sites (tertiary alicyclic amines) is 1. The third-order valence-electron chi connectivity index (χ3n) is 4.83. The zero-order valence-corrected chi connectivity index (χ0v) is 13.5. The van der Waals surface area contributed by atoms with Crippen molar-refractivity contribution in [3.8, 4) is 10.4 Å². The summed E-state index contributed by atoms with van der Waals surface area (Å²) in [5, 5.41) is 10.2. The number of fused-ring (bicyclic) bond motifs is 1. The van der Waals surface area contributed by atoms with Crippen LogP contribution in [0.5, 0.6) is 0 Å². The van der Waals surface area contributed by atoms with Gasteiger partial charge in [-0.2, -0.15) is 0 Å². The highest BCUT2D eigenvalue weighted by molar-refractivity contribution is 7.17. The van der Waals surface area contributed by atoms with Crippen LogP contribution in [0.1, 0.15) is 16.1 Å². The number of thiophene rings is 1. The molecule has 2 aliphatic rings. The number of hydrogen-bond acceptors (Lipinski definition) is 3. The molecule has 2 heterocycles. The largest absolute Gasteiger partial charge is 0.396 e. The maximum Gasteiger partial charge on any atom is 0.263 e. The molecule has 2 atom stereocenters. The summed E-state index contributed by atoms with van der Waals surface area (Å²) in [6.45, 7) is 1.67. The van der Waals surface area contributed by atoms with E-state index in [1.807, 2.05) is 41.3 Å². The van der Waals surface area contributed by atoms with Gasteiger partial charge in [0.15, 0.2) is 0 Å². The van der Waals surface area contributed by atoms with Crippen molar-refractivity contribution in [2.75, 3.05) is 19.7 Å². The molecule has 0 radical (unpaired) electrons. The lowest BCUT2D eigenvalue weighted by Gasteiger charge is -2.19. The summed E-state index contributed by atoms with van der Waals surface area (Å²) in [5.41, 5.74) is 1.04. The molecule has 1 aromatic heterocycles. The van der Waals surface area contributed by atoms with Crippen molar-refractivity contribution in [2.24, 2.45) is 11.3 Å². The van der Waals surface area contributed by atoms with Crippen molar-refractivity contribution in [1.82, 2.24) is 4.90 Å². The third-order valence-corrected chi connectivity index (χ3v) is 6.19. The van der Waals surface area contributed by atoms with Crippen molar-refractivity contribution in [3.05, 3.63) is 46.3 Å². The van der Waals surface area contributed by atoms with E-state index >= 15 is 0 Å². The van der Waals surface area contributed by atoms with Gasteiger partial charge >= 0.3 is 0 Å². The Bertz CT molecular complexity index is 740. The Kier molecular flexibility index (Phi) is 3.29. The van der Waals surface area contributed by atoms with E-state index in [1.165, 1.54) is 11.3 Å². The number of aliphatic hydroxyl groups is 1. The minimum atomic E-state index is 0.00268. The Hall–Kier alpha value is -1.36. The molecule has 22 heavy (non-hydrogen) atoms. The first kappa shape index (κ1) is 14.2. The summed E-state index contributed by atoms with van der Waals surface area (Å²) in [6.07, 6.45) is 1.06. The lowest BCUT2D eigenvalue weighted by molar-refractivity contribution is 0.0756. The fourth-order valence-electron chi connectivity index (χ4n) is 3.40. The van der Waals surface area contributed by atoms with Gasteiger partial charge in [-0.15, -0.1) is 11.3 Å². The smallest absolute Gasteiger partial charge is 0.263 e. The molecule has 1 saturated heterocycles. The first-order chi connectivity index (χ1) is 10.6. The summed E-state index contributed by atoms with van der Waals surface area (Å²) >= 11 is 7.53. The lowest BCUT2D eigenvalue weighted by Crippen LogP contribution is -2.32. The van der Waals surface area contributed by atoms with Crippen LogP contribution in [0.15, 0.2) is 36.4 Å². The average Bonchev–Trinajstić information content (AvgIpc) is 2.92. The Labute approximate surface area is 138 Å². The van der Waals surface area contributed by atoms with E-state index in [1.54, 1.807) is 0 Å². The van der Waals surface area contributed by atoms with Crippen molar-refractivity contribution >= 4 is 28.8 Å². The van der Waals surface area contributed by atoms with Gasteiger partial charge in [0.2, 0.25) is 0 Å². The Balaban J connectivity index is 1.53. The Morgan fingerprint density at radius 2 is 2.27 bits per heavy atom. The van der Waals surface area contributed by atoms with Gasteiger partial charge < -0.3 is 10.0 Å². The van der Waals surface area contributed by atoms with Crippen LogP contribution in [0.25, 0.3) is 10.4 Å². The highest BCUT2D eigenvalue weighted by Gasteiger charge is 2.60. The predicted octanol–water partition coefficient (Wildman–Crippen LogP) is 3.52. The molecular weight excluding hydrogens is 318 g/mol. The molecule has 4 rings (SSSR count). The number of aliphatic hydroxyl groups excluding tert-OH is 1. The number of piperidine rings is 1. The molecule has 2 aromatic rings. The van der Waals surface area contributed by atoms with Crippen LogP contribution < -0.4 is 0 Å². The zero-order valence-electron chi connectivity index (χ0n) is 12.0. The molecule has 3 nitrogen and oxygen atoms in total. The molecule has 1 aromatic carbocycles. The van der Waals surface area contributed by atoms with Crippen LogP contribution >= 0.6 is 22.9 Å². The summed E-state index contributed by atoms with van der Waals surface area (Å²) < 4.78 is 0. The predicted molar refractivity (Wildman–Crippen MR) is 88.3 cm³/mol. The van der Waals surface area contributed by atoms with Gasteiger partial charge in [-0.25, -0.2) is 0 Å². The fraction of sp³-hybridized carbons (Fsp3) is 0.353. The summed E-state index contributed by atoms with van der Waals surface area (Å²) in [5.74, 6) is 0.576. The van der Waals surface area contributed by atoms with Gasteiger partial charge in [0.1, 0.15) is 0 Å². The number of carbonyl (C=O) groups excluding carboxylic acids is 1. The molecule has 1 N–H and O–H groups in total. The molecule has 114 valence electrons. The Morgan fingerprint density at radius 3 is 3.00 bits per heavy atom. The molecule has 2 fully saturated rings. The van der Waals surface area contributed by atoms with E-state index in [4.69, 9.17) is 11.6 Å². The molecule has 5 heteroatoms. The average molecular weight is 334 g/mol. The first-order valence-corrected chi connectivity index (χ1v) is 8.57. The van der Waals surface area contributed by atoms with Crippen LogP contribution in [-0.4, -0.2) is 35.6 Å². The second kappa shape index (κ2) is 5.08. The van der Waals surface area contributed by atoms with E-state index < -0.39 is 0 Å². The molecule has 0 spiro atoms. The van der Waals surface area contributed by atoms with Gasteiger partial charge in [-0.3, -0.25) is 4.79 Å². The molecule has 1 saturated carbocycles. The lowest BCUT2D eigenvalue weighted by atomic mass is 10.1. The number of nitrogens with zero attached hydrogens (tertiary/aromatic N) is 1. The molecule has 0 unspecified atom stereocenters. The molecular formula is C17H16ClNO2S. The van der Waals surface area contributed by atoms with Crippen LogP contribution in [0.2, 0.25) is 5.02 Å². The summed E-state index contributed by atoms with van der Waals surface area (Å²) in [4.78, 5) is 16.3. The maximum atomic E-state index is 12.6. The highest BCUT2D eigenvalue weighted by atomic mass is 35.5. The van der Waals surface area contributed by atoms with Crippen LogP contribution in [0.4, 0.5) is 0 Å². The molecule has 1 amide bonds. The highest BCUT2D eigenvalue weighted by Crippen LogP contribution is 2.57. The third kappa shape index (κ3) is 2.26. The van der Waals surface area contributed by atoms with Gasteiger partial charge in [-0.05, 0) is 42.2 Å². The number of benzene rings is 1. The maximum absolute atomic E-state index is 12.6. The first-order valence-electron chi connectivity index (χ1n) is 7.37. The van der Waals surface area contributed by atoms with Crippen molar-refractivity contribution in [2.45, 2.75) is 6.42 Å². The number of halogens is 1. The number of hydrogen-bond donors (Lipinski definition) is 1. The molecule has 1 aliphatic heterocycles. The second-order valence-electron chi connectivity index (χ2n) is 6.28. The van der Waals surface area contributed by atoms with E-state index in [-0.39, 0.29) is 17.9 Å². The summed E-state index contributed by atoms with van der Waals surface area (Å²) in [6, 6.07) is 11.5. The standard InChI is InChI=1S/C17H16ClNO2S/c18-13-3-1-2-11(6-13)14-4-5-15(22-14)16(21)19-8-12-7-17(12,9-19)10-20/h1-6,12,20H,7-10H2/t12-,17+/m1/s1. The van der Waals surface area contributed by atoms with Gasteiger partial charge in [0.25, 0.3) is 5.91 Å². The van der Waals surface area contributed by atoms with Crippen molar-refractivity contribution in [1.29, 1.82) is 0 Å². The second-order valence-corrected chi connectivity index (χ2v) is 7.80. The van der Waals surface area contributed by atoms with Crippen LogP contribution in [0, 0.1) is 11.3 Å². The van der Waals surface area contributed by atoms with Crippen LogP contribution in [-0.2, 0) is 0 Å². The topological polar surface area (TPSA) is 40.5 Å². The van der Waals surface area contributed by atoms with Gasteiger partial charge in [0, 0.05) is 28.4 Å². The monoisotopic (exact) mass is 333 g/mol. The normalized spacial score (nSPS) is 26.1. The number of rotatable bonds is 3. The minimum Gasteiger partial charge on any atom is -0.396 e. The van der Waals surface area contributed by atoms with Crippen LogP contribution in [0.3, 0.4) is 0 Å². The van der Waals surface area contributed by atoms with E-state index in [0.29, 0.717) is 17.5 Å². The van der Waals surface area contributed by atoms with E-state index in [9.17, 15) is 9.90 Å². The molecule has 1 aliphatic carbocycles.